The van der Waals surface area contributed by atoms with Gasteiger partial charge in [0.1, 0.15) is 5.75 Å². The molecular weight excluding hydrogens is 290 g/mol. The van der Waals surface area contributed by atoms with Crippen LogP contribution in [0.1, 0.15) is 6.42 Å². The van der Waals surface area contributed by atoms with Crippen LogP contribution in [0, 0.1) is 5.92 Å². The summed E-state index contributed by atoms with van der Waals surface area (Å²) in [6, 6.07) is 5.81. The first-order valence-electron chi connectivity index (χ1n) is 7.27. The Hall–Kier alpha value is -1.46. The van der Waals surface area contributed by atoms with Crippen LogP contribution in [0.4, 0.5) is 5.69 Å². The number of methoxy groups -OCH3 is 1. The van der Waals surface area contributed by atoms with E-state index in [0.29, 0.717) is 5.02 Å². The van der Waals surface area contributed by atoms with Crippen molar-refractivity contribution < 1.29 is 9.53 Å². The molecule has 1 aromatic carbocycles. The van der Waals surface area contributed by atoms with E-state index >= 15 is 0 Å². The smallest absolute Gasteiger partial charge is 0.225 e. The van der Waals surface area contributed by atoms with Crippen LogP contribution < -0.4 is 20.3 Å². The summed E-state index contributed by atoms with van der Waals surface area (Å²) in [7, 11) is 1.66. The Morgan fingerprint density at radius 3 is 2.95 bits per heavy atom. The lowest BCUT2D eigenvalue weighted by molar-refractivity contribution is -0.127. The fourth-order valence-corrected chi connectivity index (χ4v) is 2.97. The summed E-state index contributed by atoms with van der Waals surface area (Å²) in [5.41, 5.74) is 0.993. The van der Waals surface area contributed by atoms with Crippen LogP contribution in [0.25, 0.3) is 0 Å². The molecule has 0 radical (unpaired) electrons. The molecule has 1 aromatic rings. The molecule has 0 aromatic heterocycles. The standard InChI is InChI=1S/C15H20ClN3O2/c1-21-14-3-2-11(16)6-13(14)19-5-4-12(9-19)18-15(20)10-7-17-8-10/h2-3,6,10,12,17H,4-5,7-9H2,1H3,(H,18,20). The minimum Gasteiger partial charge on any atom is -0.495 e. The van der Waals surface area contributed by atoms with E-state index in [1.165, 1.54) is 0 Å². The number of anilines is 1. The van der Waals surface area contributed by atoms with Crippen molar-refractivity contribution in [1.82, 2.24) is 10.6 Å². The zero-order chi connectivity index (χ0) is 14.8. The van der Waals surface area contributed by atoms with Crippen LogP contribution >= 0.6 is 11.6 Å². The second-order valence-electron chi connectivity index (χ2n) is 5.61. The Balaban J connectivity index is 1.63. The number of hydrogen-bond donors (Lipinski definition) is 2. The van der Waals surface area contributed by atoms with Crippen LogP contribution in [-0.4, -0.2) is 45.2 Å². The van der Waals surface area contributed by atoms with E-state index in [4.69, 9.17) is 16.3 Å². The topological polar surface area (TPSA) is 53.6 Å². The highest BCUT2D eigenvalue weighted by molar-refractivity contribution is 6.30. The quantitative estimate of drug-likeness (QED) is 0.879. The van der Waals surface area contributed by atoms with Crippen LogP contribution in [0.5, 0.6) is 5.75 Å². The molecule has 2 fully saturated rings. The fourth-order valence-electron chi connectivity index (χ4n) is 2.80. The summed E-state index contributed by atoms with van der Waals surface area (Å²) in [6.45, 7) is 3.28. The average molecular weight is 310 g/mol. The van der Waals surface area contributed by atoms with Crippen LogP contribution in [0.2, 0.25) is 5.02 Å². The molecular formula is C15H20ClN3O2. The molecule has 114 valence electrons. The van der Waals surface area contributed by atoms with Gasteiger partial charge in [-0.25, -0.2) is 0 Å². The summed E-state index contributed by atoms with van der Waals surface area (Å²) in [6.07, 6.45) is 0.946. The van der Waals surface area contributed by atoms with Gasteiger partial charge < -0.3 is 20.3 Å². The second-order valence-corrected chi connectivity index (χ2v) is 6.05. The highest BCUT2D eigenvalue weighted by Crippen LogP contribution is 2.33. The first-order chi connectivity index (χ1) is 10.2. The Morgan fingerprint density at radius 2 is 2.29 bits per heavy atom. The van der Waals surface area contributed by atoms with Gasteiger partial charge in [-0.1, -0.05) is 11.6 Å². The number of benzene rings is 1. The maximum atomic E-state index is 12.0. The summed E-state index contributed by atoms with van der Waals surface area (Å²) in [4.78, 5) is 14.2. The lowest BCUT2D eigenvalue weighted by atomic mass is 10.0. The van der Waals surface area contributed by atoms with Gasteiger partial charge in [-0.3, -0.25) is 4.79 Å². The van der Waals surface area contributed by atoms with E-state index in [1.807, 2.05) is 18.2 Å². The van der Waals surface area contributed by atoms with Gasteiger partial charge >= 0.3 is 0 Å². The molecule has 0 saturated carbocycles. The molecule has 2 aliphatic heterocycles. The number of nitrogens with zero attached hydrogens (tertiary/aromatic N) is 1. The molecule has 0 bridgehead atoms. The number of carbonyl (C=O) groups excluding carboxylic acids is 1. The van der Waals surface area contributed by atoms with E-state index in [1.54, 1.807) is 7.11 Å². The zero-order valence-electron chi connectivity index (χ0n) is 12.1. The van der Waals surface area contributed by atoms with Gasteiger partial charge in [0, 0.05) is 37.2 Å². The molecule has 0 aliphatic carbocycles. The van der Waals surface area contributed by atoms with Gasteiger partial charge in [-0.2, -0.15) is 0 Å². The number of nitrogens with one attached hydrogen (secondary N) is 2. The van der Waals surface area contributed by atoms with Crippen LogP contribution in [0.15, 0.2) is 18.2 Å². The molecule has 2 N–H and O–H groups in total. The number of ether oxygens (including phenoxy) is 1. The van der Waals surface area contributed by atoms with E-state index in [2.05, 4.69) is 15.5 Å². The molecule has 2 saturated heterocycles. The zero-order valence-corrected chi connectivity index (χ0v) is 12.8. The maximum Gasteiger partial charge on any atom is 0.225 e. The minimum absolute atomic E-state index is 0.139. The predicted octanol–water partition coefficient (Wildman–Crippen LogP) is 1.26. The van der Waals surface area contributed by atoms with Gasteiger partial charge in [0.25, 0.3) is 0 Å². The SMILES string of the molecule is COc1ccc(Cl)cc1N1CCC(NC(=O)C2CNC2)C1. The van der Waals surface area contributed by atoms with Crippen LogP contribution in [0.3, 0.4) is 0 Å². The molecule has 6 heteroatoms. The highest BCUT2D eigenvalue weighted by atomic mass is 35.5. The Morgan fingerprint density at radius 1 is 1.48 bits per heavy atom. The molecule has 2 aliphatic rings. The number of amides is 1. The molecule has 21 heavy (non-hydrogen) atoms. The molecule has 1 amide bonds. The van der Waals surface area contributed by atoms with Crippen molar-refractivity contribution in [2.45, 2.75) is 12.5 Å². The summed E-state index contributed by atoms with van der Waals surface area (Å²) in [5, 5.41) is 6.95. The maximum absolute atomic E-state index is 12.0. The van der Waals surface area contributed by atoms with Crippen molar-refractivity contribution in [2.24, 2.45) is 5.92 Å². The van der Waals surface area contributed by atoms with Gasteiger partial charge in [0.15, 0.2) is 0 Å². The van der Waals surface area contributed by atoms with E-state index in [0.717, 1.165) is 44.0 Å². The summed E-state index contributed by atoms with van der Waals surface area (Å²) in [5.74, 6) is 1.12. The Bertz CT molecular complexity index is 534. The third-order valence-electron chi connectivity index (χ3n) is 4.17. The Kier molecular flexibility index (Phi) is 4.22. The van der Waals surface area contributed by atoms with Crippen molar-refractivity contribution in [3.63, 3.8) is 0 Å². The minimum atomic E-state index is 0.139. The van der Waals surface area contributed by atoms with Crippen molar-refractivity contribution in [3.05, 3.63) is 23.2 Å². The number of carbonyl (C=O) groups is 1. The van der Waals surface area contributed by atoms with Gasteiger partial charge in [0.05, 0.1) is 18.7 Å². The average Bonchev–Trinajstić information content (AvgIpc) is 2.84. The normalized spacial score (nSPS) is 22.0. The van der Waals surface area contributed by atoms with Crippen molar-refractivity contribution in [1.29, 1.82) is 0 Å². The largest absolute Gasteiger partial charge is 0.495 e. The third kappa shape index (κ3) is 3.09. The lowest BCUT2D eigenvalue weighted by Crippen LogP contribution is -2.53. The third-order valence-corrected chi connectivity index (χ3v) is 4.40. The summed E-state index contributed by atoms with van der Waals surface area (Å²) >= 11 is 6.08. The molecule has 1 unspecified atom stereocenters. The second kappa shape index (κ2) is 6.12. The van der Waals surface area contributed by atoms with Gasteiger partial charge in [0.2, 0.25) is 5.91 Å². The predicted molar refractivity (Wildman–Crippen MR) is 83.1 cm³/mol. The highest BCUT2D eigenvalue weighted by Gasteiger charge is 2.30. The van der Waals surface area contributed by atoms with E-state index in [-0.39, 0.29) is 17.9 Å². The molecule has 3 rings (SSSR count). The molecule has 0 spiro atoms. The lowest BCUT2D eigenvalue weighted by Gasteiger charge is -2.27. The van der Waals surface area contributed by atoms with Crippen molar-refractivity contribution in [3.8, 4) is 5.75 Å². The first-order valence-corrected chi connectivity index (χ1v) is 7.64. The van der Waals surface area contributed by atoms with Gasteiger partial charge in [-0.05, 0) is 24.6 Å². The molecule has 5 nitrogen and oxygen atoms in total. The first kappa shape index (κ1) is 14.5. The fraction of sp³-hybridized carbons (Fsp3) is 0.533. The number of hydrogen-bond acceptors (Lipinski definition) is 4. The Labute approximate surface area is 129 Å². The van der Waals surface area contributed by atoms with E-state index in [9.17, 15) is 4.79 Å². The van der Waals surface area contributed by atoms with E-state index < -0.39 is 0 Å². The molecule has 2 heterocycles. The number of halogens is 1. The monoisotopic (exact) mass is 309 g/mol. The number of rotatable bonds is 4. The van der Waals surface area contributed by atoms with Gasteiger partial charge in [-0.15, -0.1) is 0 Å². The van der Waals surface area contributed by atoms with Crippen LogP contribution in [-0.2, 0) is 4.79 Å². The van der Waals surface area contributed by atoms with Crippen molar-refractivity contribution in [2.75, 3.05) is 38.2 Å². The van der Waals surface area contributed by atoms with Crippen molar-refractivity contribution >= 4 is 23.2 Å². The summed E-state index contributed by atoms with van der Waals surface area (Å²) < 4.78 is 5.40. The molecule has 1 atom stereocenters.